The van der Waals surface area contributed by atoms with Crippen LogP contribution in [-0.4, -0.2) is 38.4 Å². The van der Waals surface area contributed by atoms with Crippen LogP contribution in [0.2, 0.25) is 0 Å². The number of anilines is 1. The zero-order chi connectivity index (χ0) is 19.8. The zero-order valence-corrected chi connectivity index (χ0v) is 17.1. The van der Waals surface area contributed by atoms with Gasteiger partial charge in [0.15, 0.2) is 0 Å². The lowest BCUT2D eigenvalue weighted by Crippen LogP contribution is -2.37. The summed E-state index contributed by atoms with van der Waals surface area (Å²) in [6.07, 6.45) is 0.863. The highest BCUT2D eigenvalue weighted by Gasteiger charge is 2.21. The van der Waals surface area contributed by atoms with Crippen molar-refractivity contribution in [1.82, 2.24) is 4.98 Å². The highest BCUT2D eigenvalue weighted by atomic mass is 32.2. The van der Waals surface area contributed by atoms with E-state index in [1.54, 1.807) is 24.9 Å². The molecule has 1 saturated heterocycles. The van der Waals surface area contributed by atoms with Crippen molar-refractivity contribution in [3.63, 3.8) is 0 Å². The summed E-state index contributed by atoms with van der Waals surface area (Å²) in [6.45, 7) is 2.94. The molecule has 0 saturated carbocycles. The van der Waals surface area contributed by atoms with Gasteiger partial charge in [0.2, 0.25) is 5.56 Å². The number of benzene rings is 2. The van der Waals surface area contributed by atoms with Gasteiger partial charge in [0.05, 0.1) is 20.3 Å². The molecule has 1 fully saturated rings. The molecule has 148 valence electrons. The molecule has 0 spiro atoms. The van der Waals surface area contributed by atoms with Crippen LogP contribution < -0.4 is 15.2 Å². The summed E-state index contributed by atoms with van der Waals surface area (Å²) < 4.78 is 10.8. The quantitative estimate of drug-likeness (QED) is 0.558. The Balaban J connectivity index is 1.55. The third kappa shape index (κ3) is 3.54. The first-order chi connectivity index (χ1) is 14.2. The molecule has 2 aromatic carbocycles. The molecule has 3 aromatic rings. The summed E-state index contributed by atoms with van der Waals surface area (Å²) in [5.41, 5.74) is 4.54. The molecule has 6 heteroatoms. The summed E-state index contributed by atoms with van der Waals surface area (Å²) >= 11 is 1.77. The molecular weight excluding hydrogens is 384 g/mol. The van der Waals surface area contributed by atoms with Crippen LogP contribution in [0.5, 0.6) is 5.75 Å². The Bertz CT molecular complexity index is 1120. The van der Waals surface area contributed by atoms with Gasteiger partial charge in [0.1, 0.15) is 11.6 Å². The van der Waals surface area contributed by atoms with E-state index in [9.17, 15) is 4.79 Å². The first-order valence-corrected chi connectivity index (χ1v) is 10.6. The monoisotopic (exact) mass is 406 g/mol. The zero-order valence-electron chi connectivity index (χ0n) is 16.2. The normalized spacial score (nSPS) is 15.6. The Labute approximate surface area is 173 Å². The molecule has 0 amide bonds. The van der Waals surface area contributed by atoms with Gasteiger partial charge < -0.3 is 19.4 Å². The summed E-state index contributed by atoms with van der Waals surface area (Å²) in [6, 6.07) is 16.4. The van der Waals surface area contributed by atoms with E-state index in [-0.39, 0.29) is 5.56 Å². The van der Waals surface area contributed by atoms with E-state index in [0.717, 1.165) is 42.2 Å². The third-order valence-electron chi connectivity index (χ3n) is 5.45. The second-order valence-corrected chi connectivity index (χ2v) is 8.32. The molecule has 0 atom stereocenters. The van der Waals surface area contributed by atoms with Gasteiger partial charge in [-0.3, -0.25) is 4.79 Å². The summed E-state index contributed by atoms with van der Waals surface area (Å²) in [4.78, 5) is 20.1. The Morgan fingerprint density at radius 1 is 1.07 bits per heavy atom. The molecule has 2 aliphatic heterocycles. The second-order valence-electron chi connectivity index (χ2n) is 7.26. The van der Waals surface area contributed by atoms with Crippen molar-refractivity contribution in [3.05, 3.63) is 70.0 Å². The Morgan fingerprint density at radius 2 is 1.93 bits per heavy atom. The number of fused-ring (bicyclic) bond motifs is 2. The number of hydrogen-bond acceptors (Lipinski definition) is 5. The van der Waals surface area contributed by atoms with Crippen molar-refractivity contribution >= 4 is 17.6 Å². The van der Waals surface area contributed by atoms with Crippen molar-refractivity contribution in [1.29, 1.82) is 0 Å². The van der Waals surface area contributed by atoms with E-state index in [0.29, 0.717) is 13.2 Å². The maximum atomic E-state index is 12.4. The lowest BCUT2D eigenvalue weighted by molar-refractivity contribution is 0.122. The Kier molecular flexibility index (Phi) is 4.81. The van der Waals surface area contributed by atoms with Crippen LogP contribution in [0.25, 0.3) is 11.1 Å². The van der Waals surface area contributed by atoms with Crippen LogP contribution in [-0.2, 0) is 11.2 Å². The number of nitrogens with one attached hydrogen (secondary N) is 1. The average molecular weight is 407 g/mol. The fraction of sp³-hybridized carbons (Fsp3) is 0.261. The molecule has 1 N–H and O–H groups in total. The van der Waals surface area contributed by atoms with Crippen LogP contribution in [0.15, 0.2) is 63.1 Å². The summed E-state index contributed by atoms with van der Waals surface area (Å²) in [5, 5.41) is 0. The Morgan fingerprint density at radius 3 is 2.76 bits per heavy atom. The van der Waals surface area contributed by atoms with Gasteiger partial charge in [0.25, 0.3) is 0 Å². The number of aromatic nitrogens is 1. The van der Waals surface area contributed by atoms with Crippen LogP contribution >= 0.6 is 11.8 Å². The molecule has 2 aliphatic rings. The van der Waals surface area contributed by atoms with Gasteiger partial charge in [0, 0.05) is 28.9 Å². The van der Waals surface area contributed by atoms with E-state index in [4.69, 9.17) is 9.47 Å². The molecule has 0 bridgehead atoms. The molecule has 0 unspecified atom stereocenters. The van der Waals surface area contributed by atoms with Gasteiger partial charge in [-0.15, -0.1) is 0 Å². The van der Waals surface area contributed by atoms with E-state index in [2.05, 4.69) is 46.3 Å². The van der Waals surface area contributed by atoms with E-state index in [1.807, 2.05) is 6.07 Å². The maximum absolute atomic E-state index is 12.4. The number of hydrogen-bond donors (Lipinski definition) is 1. The lowest BCUT2D eigenvalue weighted by Gasteiger charge is -2.28. The molecule has 5 rings (SSSR count). The van der Waals surface area contributed by atoms with Crippen molar-refractivity contribution in [2.75, 3.05) is 38.3 Å². The number of rotatable bonds is 3. The first kappa shape index (κ1) is 18.3. The van der Waals surface area contributed by atoms with Gasteiger partial charge in [-0.25, -0.2) is 0 Å². The number of methoxy groups -OCH3 is 1. The van der Waals surface area contributed by atoms with E-state index >= 15 is 0 Å². The van der Waals surface area contributed by atoms with Gasteiger partial charge in [-0.2, -0.15) is 0 Å². The largest absolute Gasteiger partial charge is 0.497 e. The van der Waals surface area contributed by atoms with Crippen molar-refractivity contribution < 1.29 is 9.47 Å². The second kappa shape index (κ2) is 7.61. The molecule has 1 aromatic heterocycles. The smallest absolute Gasteiger partial charge is 0.250 e. The Hall–Kier alpha value is -2.70. The first-order valence-electron chi connectivity index (χ1n) is 9.75. The molecular formula is C23H22N2O3S. The van der Waals surface area contributed by atoms with Crippen LogP contribution in [0, 0.1) is 0 Å². The molecule has 0 aliphatic carbocycles. The van der Waals surface area contributed by atoms with Gasteiger partial charge in [-0.05, 0) is 52.9 Å². The SMILES string of the molecule is COc1ccc2c(c1)Cc1cccc(-c3cc(N4CCOCC4)[nH]c(=O)c3)c1S2. The fourth-order valence-electron chi connectivity index (χ4n) is 3.97. The van der Waals surface area contributed by atoms with Crippen LogP contribution in [0.3, 0.4) is 0 Å². The van der Waals surface area contributed by atoms with Crippen molar-refractivity contribution in [2.45, 2.75) is 16.2 Å². The maximum Gasteiger partial charge on any atom is 0.250 e. The number of aromatic amines is 1. The number of morpholine rings is 1. The third-order valence-corrected chi connectivity index (χ3v) is 6.75. The van der Waals surface area contributed by atoms with Crippen molar-refractivity contribution in [3.8, 4) is 16.9 Å². The molecule has 29 heavy (non-hydrogen) atoms. The molecule has 3 heterocycles. The average Bonchev–Trinajstić information content (AvgIpc) is 2.77. The highest BCUT2D eigenvalue weighted by molar-refractivity contribution is 7.99. The highest BCUT2D eigenvalue weighted by Crippen LogP contribution is 2.45. The van der Waals surface area contributed by atoms with E-state index in [1.165, 1.54) is 20.9 Å². The predicted molar refractivity (Wildman–Crippen MR) is 115 cm³/mol. The summed E-state index contributed by atoms with van der Waals surface area (Å²) in [5.74, 6) is 1.74. The van der Waals surface area contributed by atoms with Crippen LogP contribution in [0.4, 0.5) is 5.82 Å². The molecule has 5 nitrogen and oxygen atoms in total. The minimum Gasteiger partial charge on any atom is -0.497 e. The minimum atomic E-state index is -0.0764. The lowest BCUT2D eigenvalue weighted by atomic mass is 9.98. The number of H-pyrrole nitrogens is 1. The molecule has 0 radical (unpaired) electrons. The van der Waals surface area contributed by atoms with Gasteiger partial charge >= 0.3 is 0 Å². The summed E-state index contributed by atoms with van der Waals surface area (Å²) in [7, 11) is 1.70. The topological polar surface area (TPSA) is 54.6 Å². The van der Waals surface area contributed by atoms with Gasteiger partial charge in [-0.1, -0.05) is 30.0 Å². The van der Waals surface area contributed by atoms with Crippen LogP contribution in [0.1, 0.15) is 11.1 Å². The van der Waals surface area contributed by atoms with E-state index < -0.39 is 0 Å². The fourth-order valence-corrected chi connectivity index (χ4v) is 5.15. The standard InChI is InChI=1S/C23H22N2O3S/c1-27-18-5-6-20-17(12-18)11-15-3-2-4-19(23(15)29-20)16-13-21(24-22(26)14-16)25-7-9-28-10-8-25/h2-6,12-14H,7-11H2,1H3,(H,24,26). The van der Waals surface area contributed by atoms with Crippen molar-refractivity contribution in [2.24, 2.45) is 0 Å². The number of nitrogens with zero attached hydrogens (tertiary/aromatic N) is 1. The number of ether oxygens (including phenoxy) is 2. The minimum absolute atomic E-state index is 0.0764. The predicted octanol–water partition coefficient (Wildman–Crippen LogP) is 3.94. The number of pyridine rings is 1.